The third kappa shape index (κ3) is 3.47. The van der Waals surface area contributed by atoms with Gasteiger partial charge in [-0.2, -0.15) is 4.99 Å². The Morgan fingerprint density at radius 1 is 1.46 bits per heavy atom. The van der Waals surface area contributed by atoms with Gasteiger partial charge in [0, 0.05) is 6.04 Å². The maximum atomic E-state index is 5.67. The van der Waals surface area contributed by atoms with Crippen molar-refractivity contribution in [3.05, 3.63) is 29.8 Å². The van der Waals surface area contributed by atoms with Gasteiger partial charge in [-0.05, 0) is 43.3 Å². The monoisotopic (exact) mass is 192 g/mol. The third-order valence-electron chi connectivity index (χ3n) is 1.67. The lowest BCUT2D eigenvalue weighted by atomic mass is 10.1. The van der Waals surface area contributed by atoms with Gasteiger partial charge in [0.05, 0.1) is 10.8 Å². The molecule has 0 heterocycles. The van der Waals surface area contributed by atoms with Crippen LogP contribution in [0.4, 0.5) is 5.69 Å². The van der Waals surface area contributed by atoms with Gasteiger partial charge in [-0.25, -0.2) is 0 Å². The van der Waals surface area contributed by atoms with Crippen LogP contribution in [0.25, 0.3) is 0 Å². The number of benzene rings is 1. The molecule has 2 nitrogen and oxygen atoms in total. The molecule has 68 valence electrons. The van der Waals surface area contributed by atoms with Crippen LogP contribution in [-0.4, -0.2) is 11.2 Å². The molecule has 0 aliphatic heterocycles. The van der Waals surface area contributed by atoms with Gasteiger partial charge < -0.3 is 5.73 Å². The zero-order valence-electron chi connectivity index (χ0n) is 7.53. The van der Waals surface area contributed by atoms with Crippen molar-refractivity contribution in [2.45, 2.75) is 19.4 Å². The molecule has 0 aromatic heterocycles. The number of hydrogen-bond donors (Lipinski definition) is 1. The molecule has 0 fully saturated rings. The van der Waals surface area contributed by atoms with Crippen LogP contribution in [-0.2, 0) is 6.42 Å². The molecule has 3 heteroatoms. The molecule has 1 atom stereocenters. The van der Waals surface area contributed by atoms with E-state index >= 15 is 0 Å². The largest absolute Gasteiger partial charge is 0.328 e. The Morgan fingerprint density at radius 2 is 2.08 bits per heavy atom. The van der Waals surface area contributed by atoms with E-state index in [2.05, 4.69) is 22.4 Å². The van der Waals surface area contributed by atoms with Crippen LogP contribution in [0, 0.1) is 0 Å². The second-order valence-electron chi connectivity index (χ2n) is 3.05. The summed E-state index contributed by atoms with van der Waals surface area (Å²) in [5.74, 6) is 0. The Balaban J connectivity index is 2.75. The summed E-state index contributed by atoms with van der Waals surface area (Å²) in [6.45, 7) is 1.99. The van der Waals surface area contributed by atoms with Crippen molar-refractivity contribution in [2.75, 3.05) is 0 Å². The normalized spacial score (nSPS) is 11.8. The molecule has 0 bridgehead atoms. The topological polar surface area (TPSA) is 38.4 Å². The molecule has 0 spiro atoms. The van der Waals surface area contributed by atoms with Gasteiger partial charge in [0.1, 0.15) is 0 Å². The highest BCUT2D eigenvalue weighted by Gasteiger charge is 1.96. The Labute approximate surface area is 83.5 Å². The summed E-state index contributed by atoms with van der Waals surface area (Å²) < 4.78 is 0. The summed E-state index contributed by atoms with van der Waals surface area (Å²) in [5.41, 5.74) is 7.73. The smallest absolute Gasteiger partial charge is 0.0739 e. The molecule has 0 aliphatic rings. The van der Waals surface area contributed by atoms with E-state index in [0.29, 0.717) is 0 Å². The predicted octanol–water partition coefficient (Wildman–Crippen LogP) is 2.31. The zero-order valence-corrected chi connectivity index (χ0v) is 8.34. The number of aliphatic imine (C=N–C) groups is 1. The van der Waals surface area contributed by atoms with Gasteiger partial charge in [-0.15, -0.1) is 0 Å². The van der Waals surface area contributed by atoms with Gasteiger partial charge in [0.15, 0.2) is 0 Å². The number of thiocarbonyl (C=S) groups is 1. The lowest BCUT2D eigenvalue weighted by Crippen LogP contribution is -2.17. The van der Waals surface area contributed by atoms with Crippen molar-refractivity contribution < 1.29 is 0 Å². The van der Waals surface area contributed by atoms with E-state index in [9.17, 15) is 0 Å². The standard InChI is InChI=1S/C10H12N2S/c1-8(11)6-9-2-4-10(5-3-9)12-7-13/h2-5,8H,6,11H2,1H3. The molecule has 1 rings (SSSR count). The van der Waals surface area contributed by atoms with Gasteiger partial charge in [0.25, 0.3) is 0 Å². The molecule has 1 aromatic carbocycles. The molecule has 1 aromatic rings. The Morgan fingerprint density at radius 3 is 2.54 bits per heavy atom. The van der Waals surface area contributed by atoms with Crippen molar-refractivity contribution in [2.24, 2.45) is 10.7 Å². The van der Waals surface area contributed by atoms with E-state index < -0.39 is 0 Å². The van der Waals surface area contributed by atoms with Crippen molar-refractivity contribution in [1.29, 1.82) is 0 Å². The van der Waals surface area contributed by atoms with E-state index in [0.717, 1.165) is 12.1 Å². The summed E-state index contributed by atoms with van der Waals surface area (Å²) in [6, 6.07) is 8.04. The second kappa shape index (κ2) is 4.87. The minimum atomic E-state index is 0.194. The first-order chi connectivity index (χ1) is 6.22. The Bertz CT molecular complexity index is 310. The first-order valence-electron chi connectivity index (χ1n) is 4.15. The molecule has 1 unspecified atom stereocenters. The Kier molecular flexibility index (Phi) is 3.77. The number of nitrogens with two attached hydrogens (primary N) is 1. The van der Waals surface area contributed by atoms with Gasteiger partial charge in [-0.3, -0.25) is 0 Å². The fourth-order valence-corrected chi connectivity index (χ4v) is 1.24. The summed E-state index contributed by atoms with van der Waals surface area (Å²) in [4.78, 5) is 3.86. The van der Waals surface area contributed by atoms with Crippen molar-refractivity contribution in [3.63, 3.8) is 0 Å². The van der Waals surface area contributed by atoms with E-state index in [1.165, 1.54) is 5.56 Å². The summed E-state index contributed by atoms with van der Waals surface area (Å²) in [7, 11) is 0. The van der Waals surface area contributed by atoms with Crippen molar-refractivity contribution >= 4 is 23.1 Å². The maximum Gasteiger partial charge on any atom is 0.0739 e. The minimum Gasteiger partial charge on any atom is -0.328 e. The van der Waals surface area contributed by atoms with Crippen LogP contribution in [0.2, 0.25) is 0 Å². The van der Waals surface area contributed by atoms with E-state index in [4.69, 9.17) is 5.73 Å². The van der Waals surface area contributed by atoms with Crippen molar-refractivity contribution in [3.8, 4) is 0 Å². The SMILES string of the molecule is CC(N)Cc1ccc(N=C=S)cc1. The molecule has 0 saturated carbocycles. The van der Waals surface area contributed by atoms with Crippen LogP contribution >= 0.6 is 12.2 Å². The number of hydrogen-bond acceptors (Lipinski definition) is 3. The Hall–Kier alpha value is -1.02. The van der Waals surface area contributed by atoms with Crippen LogP contribution in [0.1, 0.15) is 12.5 Å². The number of rotatable bonds is 3. The van der Waals surface area contributed by atoms with Crippen LogP contribution in [0.3, 0.4) is 0 Å². The average Bonchev–Trinajstić information content (AvgIpc) is 2.08. The molecular formula is C10H12N2S. The zero-order chi connectivity index (χ0) is 9.68. The highest BCUT2D eigenvalue weighted by molar-refractivity contribution is 7.78. The summed E-state index contributed by atoms with van der Waals surface area (Å²) in [6.07, 6.45) is 0.890. The molecule has 2 N–H and O–H groups in total. The summed E-state index contributed by atoms with van der Waals surface area (Å²) >= 11 is 4.50. The molecular weight excluding hydrogens is 180 g/mol. The first kappa shape index (κ1) is 10.1. The molecule has 13 heavy (non-hydrogen) atoms. The van der Waals surface area contributed by atoms with Crippen molar-refractivity contribution in [1.82, 2.24) is 0 Å². The van der Waals surface area contributed by atoms with Gasteiger partial charge in [0.2, 0.25) is 0 Å². The number of isothiocyanates is 1. The van der Waals surface area contributed by atoms with E-state index in [-0.39, 0.29) is 6.04 Å². The van der Waals surface area contributed by atoms with Crippen LogP contribution < -0.4 is 5.73 Å². The fourth-order valence-electron chi connectivity index (χ4n) is 1.13. The fraction of sp³-hybridized carbons (Fsp3) is 0.300. The van der Waals surface area contributed by atoms with Gasteiger partial charge >= 0.3 is 0 Å². The summed E-state index contributed by atoms with van der Waals surface area (Å²) in [5, 5.41) is 2.33. The van der Waals surface area contributed by atoms with Crippen LogP contribution in [0.15, 0.2) is 29.3 Å². The number of nitrogens with zero attached hydrogens (tertiary/aromatic N) is 1. The molecule has 0 amide bonds. The van der Waals surface area contributed by atoms with Crippen LogP contribution in [0.5, 0.6) is 0 Å². The third-order valence-corrected chi connectivity index (χ3v) is 1.76. The molecule has 0 saturated heterocycles. The first-order valence-corrected chi connectivity index (χ1v) is 4.55. The highest BCUT2D eigenvalue weighted by Crippen LogP contribution is 2.12. The highest BCUT2D eigenvalue weighted by atomic mass is 32.1. The van der Waals surface area contributed by atoms with Gasteiger partial charge in [-0.1, -0.05) is 12.1 Å². The quantitative estimate of drug-likeness (QED) is 0.589. The lowest BCUT2D eigenvalue weighted by Gasteiger charge is -2.04. The second-order valence-corrected chi connectivity index (χ2v) is 3.23. The van der Waals surface area contributed by atoms with E-state index in [1.54, 1.807) is 0 Å². The predicted molar refractivity (Wildman–Crippen MR) is 58.5 cm³/mol. The average molecular weight is 192 g/mol. The maximum absolute atomic E-state index is 5.67. The lowest BCUT2D eigenvalue weighted by molar-refractivity contribution is 0.738. The van der Waals surface area contributed by atoms with E-state index in [1.807, 2.05) is 31.2 Å². The minimum absolute atomic E-state index is 0.194. The molecule has 0 radical (unpaired) electrons. The molecule has 0 aliphatic carbocycles.